The monoisotopic (exact) mass is 421 g/mol. The summed E-state index contributed by atoms with van der Waals surface area (Å²) in [6, 6.07) is 12.3. The number of nitrogens with two attached hydrogens (primary N) is 1. The summed E-state index contributed by atoms with van der Waals surface area (Å²) >= 11 is 1.15. The fraction of sp³-hybridized carbons (Fsp3) is 0.300. The summed E-state index contributed by atoms with van der Waals surface area (Å²) in [4.78, 5) is 16.8. The Hall–Kier alpha value is -2.33. The molecule has 0 saturated heterocycles. The van der Waals surface area contributed by atoms with Gasteiger partial charge in [0, 0.05) is 19.1 Å². The summed E-state index contributed by atoms with van der Waals surface area (Å²) < 4.78 is 33.4. The van der Waals surface area contributed by atoms with Crippen LogP contribution in [-0.4, -0.2) is 35.8 Å². The Morgan fingerprint density at radius 2 is 2.00 bits per heavy atom. The SMILES string of the molecule is CO[C@@H](C)C(=O)N1N=C(c2cc(F)ccc2F)S[C@@]1(CCON)c1ccccc1. The molecule has 3 rings (SSSR count). The molecule has 0 saturated carbocycles. The molecule has 0 aliphatic carbocycles. The molecule has 2 atom stereocenters. The second kappa shape index (κ2) is 9.00. The van der Waals surface area contributed by atoms with Crippen LogP contribution in [0.3, 0.4) is 0 Å². The molecular formula is C20H21F2N3O3S. The molecule has 1 aliphatic rings. The topological polar surface area (TPSA) is 77.1 Å². The number of hydrogen-bond acceptors (Lipinski definition) is 6. The molecule has 1 amide bonds. The van der Waals surface area contributed by atoms with Crippen molar-refractivity contribution in [2.24, 2.45) is 11.0 Å². The van der Waals surface area contributed by atoms with Gasteiger partial charge in [0.2, 0.25) is 0 Å². The van der Waals surface area contributed by atoms with Crippen molar-refractivity contribution in [1.29, 1.82) is 0 Å². The van der Waals surface area contributed by atoms with Gasteiger partial charge in [0.05, 0.1) is 6.61 Å². The lowest BCUT2D eigenvalue weighted by Crippen LogP contribution is -2.46. The van der Waals surface area contributed by atoms with Crippen molar-refractivity contribution in [2.75, 3.05) is 13.7 Å². The second-order valence-electron chi connectivity index (χ2n) is 6.43. The van der Waals surface area contributed by atoms with Gasteiger partial charge in [-0.25, -0.2) is 19.7 Å². The van der Waals surface area contributed by atoms with Crippen LogP contribution in [0, 0.1) is 11.6 Å². The minimum absolute atomic E-state index is 0.0238. The van der Waals surface area contributed by atoms with Crippen LogP contribution in [0.25, 0.3) is 0 Å². The summed E-state index contributed by atoms with van der Waals surface area (Å²) in [5.41, 5.74) is 0.721. The first-order valence-corrected chi connectivity index (χ1v) is 9.71. The first-order chi connectivity index (χ1) is 13.9. The average Bonchev–Trinajstić information content (AvgIpc) is 3.14. The van der Waals surface area contributed by atoms with Gasteiger partial charge >= 0.3 is 0 Å². The normalized spacial score (nSPS) is 19.9. The molecule has 0 spiro atoms. The van der Waals surface area contributed by atoms with E-state index in [0.29, 0.717) is 0 Å². The Labute approximate surface area is 171 Å². The highest BCUT2D eigenvalue weighted by Crippen LogP contribution is 2.50. The molecule has 1 heterocycles. The van der Waals surface area contributed by atoms with Crippen LogP contribution in [0.4, 0.5) is 8.78 Å². The van der Waals surface area contributed by atoms with Gasteiger partial charge in [-0.3, -0.25) is 4.79 Å². The fourth-order valence-corrected chi connectivity index (χ4v) is 4.41. The Balaban J connectivity index is 2.15. The molecule has 0 unspecified atom stereocenters. The Bertz CT molecular complexity index is 913. The van der Waals surface area contributed by atoms with Crippen LogP contribution in [0.1, 0.15) is 24.5 Å². The van der Waals surface area contributed by atoms with Crippen molar-refractivity contribution in [2.45, 2.75) is 24.3 Å². The highest BCUT2D eigenvalue weighted by molar-refractivity contribution is 8.15. The highest BCUT2D eigenvalue weighted by Gasteiger charge is 2.49. The van der Waals surface area contributed by atoms with Gasteiger partial charge in [0.25, 0.3) is 5.91 Å². The zero-order chi connectivity index (χ0) is 21.0. The van der Waals surface area contributed by atoms with Crippen LogP contribution in [-0.2, 0) is 19.2 Å². The minimum atomic E-state index is -1.06. The van der Waals surface area contributed by atoms with E-state index in [2.05, 4.69) is 5.10 Å². The van der Waals surface area contributed by atoms with Gasteiger partial charge in [-0.05, 0) is 30.7 Å². The maximum absolute atomic E-state index is 14.4. The minimum Gasteiger partial charge on any atom is -0.372 e. The number of amides is 1. The first kappa shape index (κ1) is 21.4. The van der Waals surface area contributed by atoms with Crippen molar-refractivity contribution >= 4 is 22.7 Å². The molecule has 2 aromatic carbocycles. The van der Waals surface area contributed by atoms with Crippen LogP contribution in [0.15, 0.2) is 53.6 Å². The van der Waals surface area contributed by atoms with Gasteiger partial charge in [-0.1, -0.05) is 42.1 Å². The number of thioether (sulfide) groups is 1. The van der Waals surface area contributed by atoms with E-state index in [0.717, 1.165) is 35.5 Å². The van der Waals surface area contributed by atoms with E-state index in [1.807, 2.05) is 30.3 Å². The van der Waals surface area contributed by atoms with Crippen LogP contribution >= 0.6 is 11.8 Å². The third kappa shape index (κ3) is 4.18. The number of methoxy groups -OCH3 is 1. The number of carbonyl (C=O) groups excluding carboxylic acids is 1. The van der Waals surface area contributed by atoms with Crippen LogP contribution < -0.4 is 5.90 Å². The number of nitrogens with zero attached hydrogens (tertiary/aromatic N) is 2. The molecule has 0 bridgehead atoms. The summed E-state index contributed by atoms with van der Waals surface area (Å²) in [6.45, 7) is 1.71. The van der Waals surface area contributed by atoms with E-state index in [-0.39, 0.29) is 23.6 Å². The molecule has 0 radical (unpaired) electrons. The summed E-state index contributed by atoms with van der Waals surface area (Å²) in [6.07, 6.45) is -0.525. The predicted molar refractivity (Wildman–Crippen MR) is 107 cm³/mol. The van der Waals surface area contributed by atoms with Crippen LogP contribution in [0.5, 0.6) is 0 Å². The predicted octanol–water partition coefficient (Wildman–Crippen LogP) is 3.37. The van der Waals surface area contributed by atoms with Crippen molar-refractivity contribution < 1.29 is 23.1 Å². The zero-order valence-corrected chi connectivity index (χ0v) is 16.8. The largest absolute Gasteiger partial charge is 0.372 e. The Morgan fingerprint density at radius 1 is 1.28 bits per heavy atom. The molecule has 0 aromatic heterocycles. The average molecular weight is 421 g/mol. The van der Waals surface area contributed by atoms with E-state index in [9.17, 15) is 13.6 Å². The molecule has 2 N–H and O–H groups in total. The summed E-state index contributed by atoms with van der Waals surface area (Å²) in [5.74, 6) is 3.60. The van der Waals surface area contributed by atoms with Gasteiger partial charge in [0.15, 0.2) is 0 Å². The molecule has 0 fully saturated rings. The smallest absolute Gasteiger partial charge is 0.273 e. The number of hydrazone groups is 1. The quantitative estimate of drug-likeness (QED) is 0.694. The molecule has 29 heavy (non-hydrogen) atoms. The van der Waals surface area contributed by atoms with Crippen molar-refractivity contribution in [3.05, 3.63) is 71.3 Å². The number of ether oxygens (including phenoxy) is 1. The third-order valence-electron chi connectivity index (χ3n) is 4.65. The first-order valence-electron chi connectivity index (χ1n) is 8.90. The number of carbonyl (C=O) groups is 1. The standard InChI is InChI=1S/C20H21F2N3O3S/c1-13(27-2)19(26)25-20(10-11-28-23,14-6-4-3-5-7-14)29-18(24-25)16-12-15(21)8-9-17(16)22/h3-9,12-13H,10-11,23H2,1-2H3/t13-,20-/m0/s1. The number of rotatable bonds is 7. The lowest BCUT2D eigenvalue weighted by atomic mass is 10.0. The number of hydrogen-bond donors (Lipinski definition) is 1. The van der Waals surface area contributed by atoms with E-state index < -0.39 is 28.5 Å². The van der Waals surface area contributed by atoms with E-state index in [1.165, 1.54) is 12.1 Å². The maximum atomic E-state index is 14.4. The van der Waals surface area contributed by atoms with Gasteiger partial charge in [-0.15, -0.1) is 0 Å². The van der Waals surface area contributed by atoms with E-state index >= 15 is 0 Å². The summed E-state index contributed by atoms with van der Waals surface area (Å²) in [7, 11) is 1.41. The molecule has 2 aromatic rings. The van der Waals surface area contributed by atoms with Gasteiger partial charge < -0.3 is 9.57 Å². The summed E-state index contributed by atoms with van der Waals surface area (Å²) in [5, 5.41) is 5.84. The lowest BCUT2D eigenvalue weighted by Gasteiger charge is -2.36. The molecule has 154 valence electrons. The number of benzene rings is 2. The van der Waals surface area contributed by atoms with Gasteiger partial charge in [-0.2, -0.15) is 5.10 Å². The van der Waals surface area contributed by atoms with E-state index in [1.54, 1.807) is 6.92 Å². The molecule has 9 heteroatoms. The van der Waals surface area contributed by atoms with Gasteiger partial charge in [0.1, 0.15) is 27.7 Å². The maximum Gasteiger partial charge on any atom is 0.273 e. The fourth-order valence-electron chi connectivity index (χ4n) is 3.04. The van der Waals surface area contributed by atoms with Crippen molar-refractivity contribution in [1.82, 2.24) is 5.01 Å². The Kier molecular flexibility index (Phi) is 6.63. The van der Waals surface area contributed by atoms with E-state index in [4.69, 9.17) is 15.5 Å². The number of halogens is 2. The zero-order valence-electron chi connectivity index (χ0n) is 16.0. The molecule has 6 nitrogen and oxygen atoms in total. The Morgan fingerprint density at radius 3 is 2.66 bits per heavy atom. The molecule has 1 aliphatic heterocycles. The van der Waals surface area contributed by atoms with Crippen molar-refractivity contribution in [3.63, 3.8) is 0 Å². The van der Waals surface area contributed by atoms with Crippen LogP contribution in [0.2, 0.25) is 0 Å². The van der Waals surface area contributed by atoms with Crippen molar-refractivity contribution in [3.8, 4) is 0 Å². The molecular weight excluding hydrogens is 400 g/mol. The lowest BCUT2D eigenvalue weighted by molar-refractivity contribution is -0.145. The highest BCUT2D eigenvalue weighted by atomic mass is 32.2. The second-order valence-corrected chi connectivity index (χ2v) is 7.70. The third-order valence-corrected chi connectivity index (χ3v) is 6.10.